The van der Waals surface area contributed by atoms with E-state index in [-0.39, 0.29) is 6.61 Å². The number of hydrogen-bond acceptors (Lipinski definition) is 7. The number of aliphatic hydroxyl groups excluding tert-OH is 1. The maximum Gasteiger partial charge on any atom is 0.330 e. The van der Waals surface area contributed by atoms with E-state index < -0.39 is 41.5 Å². The zero-order chi connectivity index (χ0) is 14.5. The Labute approximate surface area is 123 Å². The number of nitrogens with zero attached hydrogens (tertiary/aromatic N) is 1. The van der Waals surface area contributed by atoms with Gasteiger partial charge in [0.1, 0.15) is 18.3 Å². The van der Waals surface area contributed by atoms with Gasteiger partial charge in [-0.25, -0.2) is 4.79 Å². The number of H-pyrrole nitrogens is 1. The van der Waals surface area contributed by atoms with Gasteiger partial charge in [-0.15, -0.1) is 0 Å². The number of hydrogen-bond donors (Lipinski definition) is 3. The largest absolute Gasteiger partial charge is 0.386 e. The van der Waals surface area contributed by atoms with Gasteiger partial charge in [0.25, 0.3) is 5.56 Å². The van der Waals surface area contributed by atoms with Crippen molar-refractivity contribution < 1.29 is 18.9 Å². The van der Waals surface area contributed by atoms with E-state index in [0.717, 1.165) is 4.57 Å². The second-order valence-corrected chi connectivity index (χ2v) is 9.65. The van der Waals surface area contributed by atoms with E-state index in [9.17, 15) is 14.7 Å². The van der Waals surface area contributed by atoms with Crippen molar-refractivity contribution in [3.63, 3.8) is 0 Å². The molecule has 0 aliphatic carbocycles. The molecule has 2 aliphatic rings. The Morgan fingerprint density at radius 3 is 3.00 bits per heavy atom. The highest BCUT2D eigenvalue weighted by Crippen LogP contribution is 2.59. The van der Waals surface area contributed by atoms with E-state index in [2.05, 4.69) is 17.2 Å². The van der Waals surface area contributed by atoms with Gasteiger partial charge in [-0.2, -0.15) is 0 Å². The van der Waals surface area contributed by atoms with Crippen LogP contribution in [0.5, 0.6) is 0 Å². The Morgan fingerprint density at radius 2 is 2.30 bits per heavy atom. The molecule has 0 bridgehead atoms. The minimum atomic E-state index is -2.69. The van der Waals surface area contributed by atoms with Crippen LogP contribution < -0.4 is 11.2 Å². The molecular weight excluding hydrogens is 327 g/mol. The first kappa shape index (κ1) is 14.5. The maximum atomic E-state index is 11.7. The topological polar surface area (TPSA) is 103 Å². The number of aromatic amines is 1. The van der Waals surface area contributed by atoms with Gasteiger partial charge in [-0.05, 0) is 11.8 Å². The van der Waals surface area contributed by atoms with Gasteiger partial charge in [0.05, 0.1) is 6.61 Å². The Kier molecular flexibility index (Phi) is 3.66. The lowest BCUT2D eigenvalue weighted by atomic mass is 10.1. The number of aliphatic hydroxyl groups is 1. The predicted molar refractivity (Wildman–Crippen MR) is 75.3 cm³/mol. The average molecular weight is 338 g/mol. The molecular formula is C9H11N2O6PS2. The molecule has 2 saturated heterocycles. The van der Waals surface area contributed by atoms with Crippen LogP contribution in [0.1, 0.15) is 6.23 Å². The summed E-state index contributed by atoms with van der Waals surface area (Å²) >= 11 is 9.11. The first-order valence-electron chi connectivity index (χ1n) is 5.68. The maximum absolute atomic E-state index is 11.7. The van der Waals surface area contributed by atoms with E-state index in [4.69, 9.17) is 25.6 Å². The molecule has 3 heterocycles. The fraction of sp³-hybridized carbons (Fsp3) is 0.556. The van der Waals surface area contributed by atoms with Gasteiger partial charge in [-0.1, -0.05) is 12.2 Å². The molecule has 2 N–H and O–H groups in total. The number of ether oxygens (including phenoxy) is 1. The number of thiol groups is 1. The summed E-state index contributed by atoms with van der Waals surface area (Å²) < 4.78 is 17.3. The Balaban J connectivity index is 1.92. The van der Waals surface area contributed by atoms with Crippen molar-refractivity contribution in [1.29, 1.82) is 0 Å². The molecule has 0 aromatic carbocycles. The standard InChI is InChI=1S/C9H11N2O6PS2/c12-5-1-2-11(9(14)10-5)8-6(13)7-4(16-8)3-15-18(19,20)17-7/h1-2,4,6-8,13H,3H2,(H,19,20)(H,10,12,14)/t4-,6-,7-,8-/m1/s1. The highest BCUT2D eigenvalue weighted by atomic mass is 32.9. The summed E-state index contributed by atoms with van der Waals surface area (Å²) in [6, 6.07) is 1.17. The molecule has 5 atom stereocenters. The van der Waals surface area contributed by atoms with Crippen molar-refractivity contribution >= 4 is 29.7 Å². The molecule has 2 fully saturated rings. The van der Waals surface area contributed by atoms with Crippen LogP contribution >= 0.6 is 17.9 Å². The van der Waals surface area contributed by atoms with Crippen molar-refractivity contribution in [2.24, 2.45) is 0 Å². The van der Waals surface area contributed by atoms with Crippen molar-refractivity contribution in [2.75, 3.05) is 6.61 Å². The van der Waals surface area contributed by atoms with Gasteiger partial charge in [0, 0.05) is 12.3 Å². The van der Waals surface area contributed by atoms with Gasteiger partial charge in [-0.3, -0.25) is 14.3 Å². The summed E-state index contributed by atoms with van der Waals surface area (Å²) in [4.78, 5) is 24.9. The van der Waals surface area contributed by atoms with Crippen LogP contribution in [0, 0.1) is 0 Å². The van der Waals surface area contributed by atoms with E-state index in [1.54, 1.807) is 0 Å². The lowest BCUT2D eigenvalue weighted by Gasteiger charge is -2.31. The molecule has 1 aromatic heterocycles. The molecule has 0 saturated carbocycles. The highest BCUT2D eigenvalue weighted by Gasteiger charge is 2.50. The lowest BCUT2D eigenvalue weighted by Crippen LogP contribution is -2.40. The summed E-state index contributed by atoms with van der Waals surface area (Å²) in [5, 5.41) is 10.2. The number of fused-ring (bicyclic) bond motifs is 1. The van der Waals surface area contributed by atoms with Crippen LogP contribution in [0.15, 0.2) is 21.9 Å². The zero-order valence-corrected chi connectivity index (χ0v) is 12.5. The van der Waals surface area contributed by atoms with Gasteiger partial charge in [0.2, 0.25) is 5.69 Å². The number of aromatic nitrogens is 2. The summed E-state index contributed by atoms with van der Waals surface area (Å²) in [5.41, 5.74) is -3.89. The zero-order valence-electron chi connectivity index (χ0n) is 9.91. The number of nitrogens with one attached hydrogen (secondary N) is 1. The second kappa shape index (κ2) is 5.06. The van der Waals surface area contributed by atoms with Crippen LogP contribution in [0.25, 0.3) is 0 Å². The van der Waals surface area contributed by atoms with Crippen molar-refractivity contribution in [2.45, 2.75) is 24.5 Å². The first-order chi connectivity index (χ1) is 9.37. The third kappa shape index (κ3) is 2.52. The monoisotopic (exact) mass is 338 g/mol. The lowest BCUT2D eigenvalue weighted by molar-refractivity contribution is -0.0563. The van der Waals surface area contributed by atoms with Crippen LogP contribution in [0.3, 0.4) is 0 Å². The van der Waals surface area contributed by atoms with Crippen molar-refractivity contribution in [1.82, 2.24) is 9.55 Å². The predicted octanol–water partition coefficient (Wildman–Crippen LogP) is -0.635. The molecule has 1 unspecified atom stereocenters. The second-order valence-electron chi connectivity index (χ2n) is 4.41. The quantitative estimate of drug-likeness (QED) is 0.462. The Morgan fingerprint density at radius 1 is 1.55 bits per heavy atom. The Hall–Kier alpha value is -0.480. The summed E-state index contributed by atoms with van der Waals surface area (Å²) in [7, 11) is 0. The first-order valence-corrected chi connectivity index (χ1v) is 9.47. The van der Waals surface area contributed by atoms with E-state index in [1.165, 1.54) is 12.3 Å². The van der Waals surface area contributed by atoms with E-state index in [1.807, 2.05) is 0 Å². The summed E-state index contributed by atoms with van der Waals surface area (Å²) in [6.45, 7) is 0.136. The third-order valence-corrected chi connectivity index (χ3v) is 5.28. The van der Waals surface area contributed by atoms with Crippen LogP contribution in [0.4, 0.5) is 0 Å². The molecule has 8 nitrogen and oxygen atoms in total. The van der Waals surface area contributed by atoms with Crippen LogP contribution in [0.2, 0.25) is 0 Å². The van der Waals surface area contributed by atoms with Crippen LogP contribution in [-0.4, -0.2) is 39.6 Å². The molecule has 0 spiro atoms. The van der Waals surface area contributed by atoms with Gasteiger partial charge < -0.3 is 18.9 Å². The fourth-order valence-electron chi connectivity index (χ4n) is 2.19. The van der Waals surface area contributed by atoms with Crippen molar-refractivity contribution in [3.8, 4) is 0 Å². The molecule has 20 heavy (non-hydrogen) atoms. The number of rotatable bonds is 1. The average Bonchev–Trinajstić information content (AvgIpc) is 2.66. The van der Waals surface area contributed by atoms with Crippen molar-refractivity contribution in [3.05, 3.63) is 33.1 Å². The molecule has 11 heteroatoms. The molecule has 2 aliphatic heterocycles. The van der Waals surface area contributed by atoms with E-state index >= 15 is 0 Å². The Bertz CT molecular complexity index is 690. The molecule has 0 radical (unpaired) electrons. The van der Waals surface area contributed by atoms with Gasteiger partial charge >= 0.3 is 5.69 Å². The normalized spacial score (nSPS) is 40.5. The van der Waals surface area contributed by atoms with Gasteiger partial charge in [0.15, 0.2) is 6.23 Å². The highest BCUT2D eigenvalue weighted by molar-refractivity contribution is 8.60. The summed E-state index contributed by atoms with van der Waals surface area (Å²) in [5.74, 6) is 0. The molecule has 3 rings (SSSR count). The molecule has 0 amide bonds. The fourth-order valence-corrected chi connectivity index (χ4v) is 4.16. The minimum absolute atomic E-state index is 0.136. The minimum Gasteiger partial charge on any atom is -0.386 e. The summed E-state index contributed by atoms with van der Waals surface area (Å²) in [6.07, 6.45) is -2.08. The molecule has 1 aromatic rings. The van der Waals surface area contributed by atoms with Crippen LogP contribution in [-0.2, 0) is 25.6 Å². The SMILES string of the molecule is O=c1ccn([C@@H]2O[C@@H]3COP(=S)(S)O[C@H]3[C@H]2O)c(=O)[nH]1. The van der Waals surface area contributed by atoms with E-state index in [0.29, 0.717) is 0 Å². The smallest absolute Gasteiger partial charge is 0.330 e. The third-order valence-electron chi connectivity index (χ3n) is 3.09. The molecule has 110 valence electrons.